The summed E-state index contributed by atoms with van der Waals surface area (Å²) in [4.78, 5) is 9.91. The fourth-order valence-corrected chi connectivity index (χ4v) is 1.47. The van der Waals surface area contributed by atoms with Crippen LogP contribution in [0.2, 0.25) is 0 Å². The second kappa shape index (κ2) is 8.36. The monoisotopic (exact) mass is 315 g/mol. The van der Waals surface area contributed by atoms with Gasteiger partial charge in [-0.15, -0.1) is 0 Å². The molecule has 122 valence electrons. The van der Waals surface area contributed by atoms with E-state index in [2.05, 4.69) is 10.5 Å². The maximum Gasteiger partial charge on any atom is 0.269 e. The third-order valence-electron chi connectivity index (χ3n) is 2.78. The second-order valence-electron chi connectivity index (χ2n) is 4.42. The number of anilines is 1. The first-order chi connectivity index (χ1) is 10.4. The predicted octanol–water partition coefficient (Wildman–Crippen LogP) is -1.57. The van der Waals surface area contributed by atoms with Gasteiger partial charge in [-0.05, 0) is 12.1 Å². The van der Waals surface area contributed by atoms with Gasteiger partial charge in [0, 0.05) is 12.1 Å². The molecule has 0 aromatic heterocycles. The third kappa shape index (κ3) is 5.02. The molecule has 0 fully saturated rings. The zero-order chi connectivity index (χ0) is 16.7. The van der Waals surface area contributed by atoms with Crippen molar-refractivity contribution < 1.29 is 30.5 Å². The highest BCUT2D eigenvalue weighted by Gasteiger charge is 2.29. The van der Waals surface area contributed by atoms with Crippen LogP contribution in [0.3, 0.4) is 0 Å². The molecule has 0 heterocycles. The van der Waals surface area contributed by atoms with Crippen LogP contribution in [-0.4, -0.2) is 67.7 Å². The van der Waals surface area contributed by atoms with Crippen LogP contribution in [0.25, 0.3) is 0 Å². The number of aliphatic hydroxyl groups excluding tert-OH is 5. The molecule has 0 unspecified atom stereocenters. The molecule has 0 radical (unpaired) electrons. The minimum Gasteiger partial charge on any atom is -0.394 e. The molecule has 0 saturated carbocycles. The number of nitrogens with one attached hydrogen (secondary N) is 1. The van der Waals surface area contributed by atoms with Crippen molar-refractivity contribution in [3.63, 3.8) is 0 Å². The van der Waals surface area contributed by atoms with Crippen molar-refractivity contribution in [1.29, 1.82) is 0 Å². The molecule has 22 heavy (non-hydrogen) atoms. The van der Waals surface area contributed by atoms with E-state index in [0.717, 1.165) is 6.21 Å². The number of nitro benzene ring substituents is 1. The fourth-order valence-electron chi connectivity index (χ4n) is 1.47. The average molecular weight is 315 g/mol. The number of rotatable bonds is 8. The van der Waals surface area contributed by atoms with Gasteiger partial charge in [0.15, 0.2) is 0 Å². The highest BCUT2D eigenvalue weighted by atomic mass is 16.6. The molecule has 0 aliphatic carbocycles. The molecule has 4 atom stereocenters. The van der Waals surface area contributed by atoms with Gasteiger partial charge in [0.2, 0.25) is 0 Å². The number of hydrogen-bond acceptors (Lipinski definition) is 9. The van der Waals surface area contributed by atoms with Crippen LogP contribution in [-0.2, 0) is 0 Å². The Bertz CT molecular complexity index is 508. The normalized spacial score (nSPS) is 17.0. The van der Waals surface area contributed by atoms with E-state index in [4.69, 9.17) is 10.2 Å². The number of non-ortho nitro benzene ring substituents is 1. The Morgan fingerprint density at radius 2 is 1.77 bits per heavy atom. The third-order valence-corrected chi connectivity index (χ3v) is 2.78. The zero-order valence-corrected chi connectivity index (χ0v) is 11.4. The first kappa shape index (κ1) is 17.9. The minimum absolute atomic E-state index is 0.0916. The Labute approximate surface area is 125 Å². The molecule has 10 nitrogen and oxygen atoms in total. The van der Waals surface area contributed by atoms with E-state index in [1.54, 1.807) is 0 Å². The summed E-state index contributed by atoms with van der Waals surface area (Å²) in [5, 5.41) is 60.3. The predicted molar refractivity (Wildman–Crippen MR) is 76.3 cm³/mol. The van der Waals surface area contributed by atoms with Crippen LogP contribution in [0.5, 0.6) is 0 Å². The molecule has 6 N–H and O–H groups in total. The van der Waals surface area contributed by atoms with Gasteiger partial charge in [0.25, 0.3) is 5.69 Å². The number of nitrogens with zero attached hydrogens (tertiary/aromatic N) is 2. The summed E-state index contributed by atoms with van der Waals surface area (Å²) in [6, 6.07) is 5.29. The summed E-state index contributed by atoms with van der Waals surface area (Å²) in [6.45, 7) is -0.775. The van der Waals surface area contributed by atoms with Crippen LogP contribution in [0.15, 0.2) is 29.4 Å². The van der Waals surface area contributed by atoms with Crippen molar-refractivity contribution in [3.05, 3.63) is 34.4 Å². The molecule has 10 heteroatoms. The Kier molecular flexibility index (Phi) is 6.82. The van der Waals surface area contributed by atoms with E-state index >= 15 is 0 Å². The van der Waals surface area contributed by atoms with Crippen molar-refractivity contribution in [1.82, 2.24) is 0 Å². The van der Waals surface area contributed by atoms with Crippen molar-refractivity contribution in [2.75, 3.05) is 12.0 Å². The first-order valence-electron chi connectivity index (χ1n) is 6.23. The lowest BCUT2D eigenvalue weighted by Gasteiger charge is -2.23. The van der Waals surface area contributed by atoms with Gasteiger partial charge in [0.1, 0.15) is 24.4 Å². The number of aliphatic hydroxyl groups is 5. The Hall–Kier alpha value is -2.11. The lowest BCUT2D eigenvalue weighted by atomic mass is 10.0. The minimum atomic E-state index is -1.75. The van der Waals surface area contributed by atoms with Crippen LogP contribution in [0.4, 0.5) is 11.4 Å². The second-order valence-corrected chi connectivity index (χ2v) is 4.42. The Morgan fingerprint density at radius 1 is 1.18 bits per heavy atom. The van der Waals surface area contributed by atoms with Gasteiger partial charge in [-0.2, -0.15) is 5.10 Å². The fraction of sp³-hybridized carbons (Fsp3) is 0.417. The van der Waals surface area contributed by atoms with Gasteiger partial charge in [0.05, 0.1) is 23.4 Å². The molecule has 0 bridgehead atoms. The number of nitro groups is 1. The summed E-state index contributed by atoms with van der Waals surface area (Å²) in [5.41, 5.74) is 2.77. The van der Waals surface area contributed by atoms with Crippen LogP contribution in [0, 0.1) is 10.1 Å². The molecule has 0 amide bonds. The van der Waals surface area contributed by atoms with E-state index in [0.29, 0.717) is 5.69 Å². The molecule has 0 aliphatic rings. The van der Waals surface area contributed by atoms with Gasteiger partial charge < -0.3 is 25.5 Å². The van der Waals surface area contributed by atoms with Crippen LogP contribution in [0.1, 0.15) is 0 Å². The van der Waals surface area contributed by atoms with Crippen molar-refractivity contribution in [3.8, 4) is 0 Å². The number of hydrogen-bond donors (Lipinski definition) is 6. The van der Waals surface area contributed by atoms with Crippen LogP contribution < -0.4 is 5.43 Å². The van der Waals surface area contributed by atoms with Crippen molar-refractivity contribution in [2.45, 2.75) is 24.4 Å². The van der Waals surface area contributed by atoms with E-state index in [-0.39, 0.29) is 5.69 Å². The van der Waals surface area contributed by atoms with Gasteiger partial charge in [-0.3, -0.25) is 15.5 Å². The number of benzene rings is 1. The summed E-state index contributed by atoms with van der Waals surface area (Å²) in [5.74, 6) is 0. The summed E-state index contributed by atoms with van der Waals surface area (Å²) in [7, 11) is 0. The average Bonchev–Trinajstić information content (AvgIpc) is 2.52. The highest BCUT2D eigenvalue weighted by molar-refractivity contribution is 5.65. The van der Waals surface area contributed by atoms with Gasteiger partial charge >= 0.3 is 0 Å². The largest absolute Gasteiger partial charge is 0.394 e. The molecule has 0 aliphatic heterocycles. The van der Waals surface area contributed by atoms with Crippen molar-refractivity contribution in [2.24, 2.45) is 5.10 Å². The van der Waals surface area contributed by atoms with Crippen LogP contribution >= 0.6 is 0 Å². The maximum absolute atomic E-state index is 10.5. The molecule has 0 saturated heterocycles. The Morgan fingerprint density at radius 3 is 2.27 bits per heavy atom. The van der Waals surface area contributed by atoms with Gasteiger partial charge in [-0.1, -0.05) is 0 Å². The summed E-state index contributed by atoms with van der Waals surface area (Å²) in [6.07, 6.45) is -5.81. The Balaban J connectivity index is 2.55. The zero-order valence-electron chi connectivity index (χ0n) is 11.4. The van der Waals surface area contributed by atoms with E-state index in [1.807, 2.05) is 0 Å². The van der Waals surface area contributed by atoms with E-state index in [9.17, 15) is 25.4 Å². The highest BCUT2D eigenvalue weighted by Crippen LogP contribution is 2.15. The van der Waals surface area contributed by atoms with E-state index < -0.39 is 35.9 Å². The van der Waals surface area contributed by atoms with Crippen molar-refractivity contribution >= 4 is 17.6 Å². The molecular weight excluding hydrogens is 298 g/mol. The lowest BCUT2D eigenvalue weighted by molar-refractivity contribution is -0.384. The summed E-state index contributed by atoms with van der Waals surface area (Å²) < 4.78 is 0. The van der Waals surface area contributed by atoms with Gasteiger partial charge in [-0.25, -0.2) is 0 Å². The molecule has 1 aromatic rings. The standard InChI is InChI=1S/C12H17N3O7/c16-6-10(18)12(20)11(19)9(17)5-13-14-7-1-3-8(4-2-7)15(21)22/h1-5,9-12,14,16-20H,6H2/b13-5+/t9-,10+,11+,12-/m0/s1. The maximum atomic E-state index is 10.5. The molecule has 1 rings (SSSR count). The summed E-state index contributed by atoms with van der Waals surface area (Å²) >= 11 is 0. The molecule has 0 spiro atoms. The SMILES string of the molecule is O=[N+]([O-])c1ccc(N/N=C/[C@H](O)[C@@H](O)[C@@H](O)[C@H](O)CO)cc1. The first-order valence-corrected chi connectivity index (χ1v) is 6.23. The smallest absolute Gasteiger partial charge is 0.269 e. The lowest BCUT2D eigenvalue weighted by Crippen LogP contribution is -2.46. The van der Waals surface area contributed by atoms with E-state index in [1.165, 1.54) is 24.3 Å². The topological polar surface area (TPSA) is 169 Å². The molecular formula is C12H17N3O7. The number of hydrazone groups is 1. The quantitative estimate of drug-likeness (QED) is 0.190. The molecule has 1 aromatic carbocycles.